The molecule has 1 aromatic heterocycles. The molecule has 1 aliphatic heterocycles. The van der Waals surface area contributed by atoms with Crippen LogP contribution in [-0.2, 0) is 23.0 Å². The summed E-state index contributed by atoms with van der Waals surface area (Å²) < 4.78 is 11.5. The number of rotatable bonds is 4. The average Bonchev–Trinajstić information content (AvgIpc) is 2.58. The first-order valence-corrected chi connectivity index (χ1v) is 9.65. The molecular weight excluding hydrogens is 338 g/mol. The van der Waals surface area contributed by atoms with E-state index >= 15 is 0 Å². The molecule has 0 radical (unpaired) electrons. The van der Waals surface area contributed by atoms with Gasteiger partial charge in [0.05, 0.1) is 11.1 Å². The van der Waals surface area contributed by atoms with Gasteiger partial charge in [0.1, 0.15) is 0 Å². The highest BCUT2D eigenvalue weighted by atomic mass is 32.2. The Labute approximate surface area is 148 Å². The molecule has 1 unspecified atom stereocenters. The van der Waals surface area contributed by atoms with Gasteiger partial charge < -0.3 is 10.6 Å². The minimum atomic E-state index is -0.957. The third-order valence-electron chi connectivity index (χ3n) is 4.26. The quantitative estimate of drug-likeness (QED) is 0.873. The number of carbonyl (C=O) groups excluding carboxylic acids is 2. The molecule has 0 spiro atoms. The number of nitrogens with one attached hydrogen (secondary N) is 2. The highest BCUT2D eigenvalue weighted by Crippen LogP contribution is 2.23. The second kappa shape index (κ2) is 7.14. The third kappa shape index (κ3) is 3.61. The summed E-state index contributed by atoms with van der Waals surface area (Å²) in [6, 6.07) is 5.55. The Morgan fingerprint density at radius 3 is 2.92 bits per heavy atom. The van der Waals surface area contributed by atoms with Gasteiger partial charge in [0.25, 0.3) is 11.8 Å². The molecule has 0 saturated heterocycles. The van der Waals surface area contributed by atoms with Crippen LogP contribution in [0.3, 0.4) is 0 Å². The summed E-state index contributed by atoms with van der Waals surface area (Å²) in [7, 11) is -0.957. The molecule has 0 bridgehead atoms. The minimum absolute atomic E-state index is 0.202. The minimum Gasteiger partial charge on any atom is -0.352 e. The van der Waals surface area contributed by atoms with Crippen molar-refractivity contribution in [1.82, 2.24) is 10.3 Å². The Morgan fingerprint density at radius 2 is 2.16 bits per heavy atom. The Kier molecular flexibility index (Phi) is 4.94. The van der Waals surface area contributed by atoms with Crippen LogP contribution in [-0.4, -0.2) is 33.8 Å². The van der Waals surface area contributed by atoms with Crippen molar-refractivity contribution in [2.45, 2.75) is 19.1 Å². The summed E-state index contributed by atoms with van der Waals surface area (Å²) in [5.74, 6) is -0.0539. The first-order chi connectivity index (χ1) is 12.0. The zero-order chi connectivity index (χ0) is 18.0. The monoisotopic (exact) mass is 357 g/mol. The van der Waals surface area contributed by atoms with Crippen LogP contribution in [0.25, 0.3) is 0 Å². The van der Waals surface area contributed by atoms with Crippen molar-refractivity contribution in [2.75, 3.05) is 18.1 Å². The van der Waals surface area contributed by atoms with Gasteiger partial charge in [-0.15, -0.1) is 0 Å². The zero-order valence-corrected chi connectivity index (χ0v) is 14.9. The molecule has 2 aromatic rings. The Hall–Kier alpha value is -2.54. The van der Waals surface area contributed by atoms with E-state index in [1.807, 2.05) is 25.1 Å². The lowest BCUT2D eigenvalue weighted by atomic mass is 9.97. The molecule has 3 rings (SSSR count). The summed E-state index contributed by atoms with van der Waals surface area (Å²) in [5, 5.41) is 5.64. The standard InChI is InChI=1S/C18H19N3O3S/c1-11-12(10-25(2)24)4-3-5-16(11)21-18(23)15-9-19-8-14-13(15)6-7-20-17(14)22/h3-5,8-9H,6-7,10H2,1-2H3,(H,20,22)(H,21,23). The van der Waals surface area contributed by atoms with E-state index in [2.05, 4.69) is 15.6 Å². The molecule has 2 amide bonds. The van der Waals surface area contributed by atoms with Crippen LogP contribution in [0.2, 0.25) is 0 Å². The van der Waals surface area contributed by atoms with E-state index in [9.17, 15) is 13.8 Å². The molecule has 0 aliphatic carbocycles. The van der Waals surface area contributed by atoms with E-state index < -0.39 is 10.8 Å². The maximum Gasteiger partial charge on any atom is 0.257 e. The van der Waals surface area contributed by atoms with Crippen molar-refractivity contribution in [3.63, 3.8) is 0 Å². The molecule has 0 saturated carbocycles. The molecule has 0 fully saturated rings. The number of pyridine rings is 1. The van der Waals surface area contributed by atoms with Gasteiger partial charge in [0.2, 0.25) is 0 Å². The highest BCUT2D eigenvalue weighted by molar-refractivity contribution is 7.83. The summed E-state index contributed by atoms with van der Waals surface area (Å²) in [5.41, 5.74) is 4.08. The van der Waals surface area contributed by atoms with Crippen LogP contribution >= 0.6 is 0 Å². The van der Waals surface area contributed by atoms with Crippen LogP contribution in [0, 0.1) is 6.92 Å². The fourth-order valence-corrected chi connectivity index (χ4v) is 3.68. The predicted molar refractivity (Wildman–Crippen MR) is 97.2 cm³/mol. The van der Waals surface area contributed by atoms with Crippen LogP contribution < -0.4 is 10.6 Å². The fraction of sp³-hybridized carbons (Fsp3) is 0.278. The Balaban J connectivity index is 1.90. The third-order valence-corrected chi connectivity index (χ3v) is 4.98. The average molecular weight is 357 g/mol. The molecule has 1 aliphatic rings. The van der Waals surface area contributed by atoms with Crippen molar-refractivity contribution in [3.05, 3.63) is 58.4 Å². The topological polar surface area (TPSA) is 88.2 Å². The van der Waals surface area contributed by atoms with Crippen molar-refractivity contribution in [2.24, 2.45) is 0 Å². The fourth-order valence-electron chi connectivity index (χ4n) is 2.93. The summed E-state index contributed by atoms with van der Waals surface area (Å²) in [6.45, 7) is 2.40. The van der Waals surface area contributed by atoms with E-state index in [1.54, 1.807) is 6.26 Å². The first kappa shape index (κ1) is 17.3. The molecular formula is C18H19N3O3S. The summed E-state index contributed by atoms with van der Waals surface area (Å²) in [4.78, 5) is 28.7. The van der Waals surface area contributed by atoms with Gasteiger partial charge in [-0.3, -0.25) is 18.8 Å². The number of amides is 2. The summed E-state index contributed by atoms with van der Waals surface area (Å²) >= 11 is 0. The lowest BCUT2D eigenvalue weighted by Gasteiger charge is -2.19. The number of hydrogen-bond donors (Lipinski definition) is 2. The van der Waals surface area contributed by atoms with E-state index in [-0.39, 0.29) is 11.8 Å². The zero-order valence-electron chi connectivity index (χ0n) is 14.1. The van der Waals surface area contributed by atoms with Gasteiger partial charge in [-0.1, -0.05) is 12.1 Å². The van der Waals surface area contributed by atoms with E-state index in [0.717, 1.165) is 16.7 Å². The van der Waals surface area contributed by atoms with Gasteiger partial charge in [-0.25, -0.2) is 0 Å². The predicted octanol–water partition coefficient (Wildman–Crippen LogP) is 1.81. The van der Waals surface area contributed by atoms with Gasteiger partial charge in [-0.05, 0) is 36.1 Å². The number of anilines is 1. The maximum absolute atomic E-state index is 12.7. The second-order valence-corrected chi connectivity index (χ2v) is 7.42. The van der Waals surface area contributed by atoms with Crippen molar-refractivity contribution >= 4 is 28.3 Å². The van der Waals surface area contributed by atoms with Crippen LogP contribution in [0.15, 0.2) is 30.6 Å². The smallest absolute Gasteiger partial charge is 0.257 e. The largest absolute Gasteiger partial charge is 0.352 e. The molecule has 2 N–H and O–H groups in total. The van der Waals surface area contributed by atoms with Crippen molar-refractivity contribution in [1.29, 1.82) is 0 Å². The lowest BCUT2D eigenvalue weighted by molar-refractivity contribution is 0.0945. The highest BCUT2D eigenvalue weighted by Gasteiger charge is 2.23. The van der Waals surface area contributed by atoms with E-state index in [0.29, 0.717) is 35.5 Å². The van der Waals surface area contributed by atoms with Crippen molar-refractivity contribution < 1.29 is 13.8 Å². The number of benzene rings is 1. The number of hydrogen-bond acceptors (Lipinski definition) is 4. The molecule has 7 heteroatoms. The molecule has 1 aromatic carbocycles. The number of nitrogens with zero attached hydrogens (tertiary/aromatic N) is 1. The molecule has 130 valence electrons. The van der Waals surface area contributed by atoms with Gasteiger partial charge in [-0.2, -0.15) is 0 Å². The van der Waals surface area contributed by atoms with E-state index in [1.165, 1.54) is 12.4 Å². The number of carbonyl (C=O) groups is 2. The van der Waals surface area contributed by atoms with Gasteiger partial charge in [0.15, 0.2) is 0 Å². The van der Waals surface area contributed by atoms with E-state index in [4.69, 9.17) is 0 Å². The summed E-state index contributed by atoms with van der Waals surface area (Å²) in [6.07, 6.45) is 5.23. The Morgan fingerprint density at radius 1 is 1.36 bits per heavy atom. The first-order valence-electron chi connectivity index (χ1n) is 7.92. The second-order valence-electron chi connectivity index (χ2n) is 5.98. The lowest BCUT2D eigenvalue weighted by Crippen LogP contribution is -2.33. The molecule has 2 heterocycles. The van der Waals surface area contributed by atoms with Crippen LogP contribution in [0.1, 0.15) is 37.4 Å². The number of fused-ring (bicyclic) bond motifs is 1. The molecule has 25 heavy (non-hydrogen) atoms. The van der Waals surface area contributed by atoms with Gasteiger partial charge in [0, 0.05) is 47.4 Å². The van der Waals surface area contributed by atoms with Gasteiger partial charge >= 0.3 is 0 Å². The normalized spacial score (nSPS) is 14.4. The van der Waals surface area contributed by atoms with Crippen LogP contribution in [0.5, 0.6) is 0 Å². The maximum atomic E-state index is 12.7. The number of aromatic nitrogens is 1. The van der Waals surface area contributed by atoms with Crippen LogP contribution in [0.4, 0.5) is 5.69 Å². The SMILES string of the molecule is Cc1c(CS(C)=O)cccc1NC(=O)c1cncc2c1CCNC2=O. The van der Waals surface area contributed by atoms with Crippen molar-refractivity contribution in [3.8, 4) is 0 Å². The molecule has 6 nitrogen and oxygen atoms in total. The molecule has 1 atom stereocenters. The Bertz CT molecular complexity index is 880.